The molecule has 2 fully saturated rings. The van der Waals surface area contributed by atoms with Crippen molar-refractivity contribution in [3.8, 4) is 0 Å². The zero-order valence-corrected chi connectivity index (χ0v) is 11.6. The summed E-state index contributed by atoms with van der Waals surface area (Å²) in [5, 5.41) is 0. The molecule has 0 spiro atoms. The predicted octanol–water partition coefficient (Wildman–Crippen LogP) is 1.50. The van der Waals surface area contributed by atoms with Gasteiger partial charge in [-0.25, -0.2) is 0 Å². The summed E-state index contributed by atoms with van der Waals surface area (Å²) in [4.78, 5) is 4.65. The highest BCUT2D eigenvalue weighted by Gasteiger charge is 2.54. The molecule has 0 radical (unpaired) electrons. The van der Waals surface area contributed by atoms with E-state index < -0.39 is 11.6 Å². The van der Waals surface area contributed by atoms with Crippen LogP contribution in [0.3, 0.4) is 0 Å². The van der Waals surface area contributed by atoms with Gasteiger partial charge >= 0.3 is 0 Å². The number of ether oxygens (including phenoxy) is 4. The van der Waals surface area contributed by atoms with E-state index in [1.807, 2.05) is 34.6 Å². The molecule has 0 aromatic rings. The van der Waals surface area contributed by atoms with E-state index in [0.29, 0.717) is 6.61 Å². The lowest BCUT2D eigenvalue weighted by atomic mass is 10.0. The maximum Gasteiger partial charge on any atom is 0.164 e. The van der Waals surface area contributed by atoms with Crippen LogP contribution in [-0.2, 0) is 18.9 Å². The number of hydrogen-bond acceptors (Lipinski definition) is 5. The molecule has 4 atom stereocenters. The SMILES string of the molecule is CC1=N[C@@H]([C@H]2COC(C)(C)O2)[C@@H]2OC(C)(C)O[C@H]12. The van der Waals surface area contributed by atoms with Crippen LogP contribution in [0.4, 0.5) is 0 Å². The van der Waals surface area contributed by atoms with Crippen LogP contribution in [0.15, 0.2) is 4.99 Å². The van der Waals surface area contributed by atoms with Crippen LogP contribution < -0.4 is 0 Å². The van der Waals surface area contributed by atoms with Gasteiger partial charge < -0.3 is 18.9 Å². The molecule has 0 N–H and O–H groups in total. The number of nitrogens with zero attached hydrogens (tertiary/aromatic N) is 1. The van der Waals surface area contributed by atoms with E-state index in [4.69, 9.17) is 18.9 Å². The van der Waals surface area contributed by atoms with Gasteiger partial charge in [-0.1, -0.05) is 0 Å². The molecule has 5 nitrogen and oxygen atoms in total. The van der Waals surface area contributed by atoms with Gasteiger partial charge in [-0.3, -0.25) is 4.99 Å². The van der Waals surface area contributed by atoms with E-state index in [2.05, 4.69) is 4.99 Å². The van der Waals surface area contributed by atoms with Gasteiger partial charge in [-0.05, 0) is 34.6 Å². The van der Waals surface area contributed by atoms with Crippen LogP contribution >= 0.6 is 0 Å². The van der Waals surface area contributed by atoms with Crippen molar-refractivity contribution in [1.82, 2.24) is 0 Å². The number of rotatable bonds is 1. The van der Waals surface area contributed by atoms with Crippen molar-refractivity contribution in [2.24, 2.45) is 4.99 Å². The lowest BCUT2D eigenvalue weighted by Gasteiger charge is -2.24. The third-order valence-electron chi connectivity index (χ3n) is 3.64. The largest absolute Gasteiger partial charge is 0.348 e. The maximum absolute atomic E-state index is 5.96. The minimum absolute atomic E-state index is 0.0291. The van der Waals surface area contributed by atoms with Gasteiger partial charge in [0, 0.05) is 5.71 Å². The summed E-state index contributed by atoms with van der Waals surface area (Å²) >= 11 is 0. The van der Waals surface area contributed by atoms with E-state index in [0.717, 1.165) is 5.71 Å². The second-order valence-corrected chi connectivity index (χ2v) is 6.15. The Labute approximate surface area is 107 Å². The molecule has 3 aliphatic heterocycles. The second kappa shape index (κ2) is 3.76. The van der Waals surface area contributed by atoms with Gasteiger partial charge in [0.05, 0.1) is 6.61 Å². The standard InChI is InChI=1S/C13H21NO4/c1-7-10-11(18-13(4,5)17-10)9(14-7)8-6-15-12(2,3)16-8/h8-11H,6H2,1-5H3/t8-,9+,10-,11+/m1/s1. The summed E-state index contributed by atoms with van der Waals surface area (Å²) in [5.74, 6) is -1.07. The quantitative estimate of drug-likeness (QED) is 0.712. The lowest BCUT2D eigenvalue weighted by molar-refractivity contribution is -0.158. The molecule has 3 heterocycles. The molecule has 3 rings (SSSR count). The molecule has 0 aliphatic carbocycles. The second-order valence-electron chi connectivity index (χ2n) is 6.15. The van der Waals surface area contributed by atoms with Crippen LogP contribution in [0.1, 0.15) is 34.6 Å². The Morgan fingerprint density at radius 1 is 1.06 bits per heavy atom. The Bertz CT molecular complexity index is 390. The first-order valence-corrected chi connectivity index (χ1v) is 6.49. The van der Waals surface area contributed by atoms with Crippen molar-refractivity contribution in [3.05, 3.63) is 0 Å². The molecule has 0 aromatic heterocycles. The van der Waals surface area contributed by atoms with E-state index in [1.165, 1.54) is 0 Å². The topological polar surface area (TPSA) is 49.3 Å². The number of fused-ring (bicyclic) bond motifs is 1. The first-order valence-electron chi connectivity index (χ1n) is 6.49. The van der Waals surface area contributed by atoms with Gasteiger partial charge in [-0.15, -0.1) is 0 Å². The molecule has 102 valence electrons. The monoisotopic (exact) mass is 255 g/mol. The van der Waals surface area contributed by atoms with Crippen molar-refractivity contribution in [1.29, 1.82) is 0 Å². The van der Waals surface area contributed by atoms with E-state index in [1.54, 1.807) is 0 Å². The third kappa shape index (κ3) is 1.99. The number of aliphatic imine (C=N–C) groups is 1. The molecule has 5 heteroatoms. The molecule has 3 aliphatic rings. The van der Waals surface area contributed by atoms with E-state index in [9.17, 15) is 0 Å². The minimum Gasteiger partial charge on any atom is -0.348 e. The molecule has 0 aromatic carbocycles. The summed E-state index contributed by atoms with van der Waals surface area (Å²) in [7, 11) is 0. The third-order valence-corrected chi connectivity index (χ3v) is 3.64. The first-order chi connectivity index (χ1) is 8.27. The minimum atomic E-state index is -0.542. The van der Waals surface area contributed by atoms with Crippen LogP contribution in [0.2, 0.25) is 0 Å². The molecule has 0 saturated carbocycles. The van der Waals surface area contributed by atoms with Gasteiger partial charge in [0.15, 0.2) is 11.6 Å². The fourth-order valence-electron chi connectivity index (χ4n) is 2.92. The fraction of sp³-hybridized carbons (Fsp3) is 0.923. The lowest BCUT2D eigenvalue weighted by Crippen LogP contribution is -2.40. The van der Waals surface area contributed by atoms with Crippen molar-refractivity contribution >= 4 is 5.71 Å². The Balaban J connectivity index is 1.79. The van der Waals surface area contributed by atoms with Crippen LogP contribution in [0.25, 0.3) is 0 Å². The van der Waals surface area contributed by atoms with E-state index in [-0.39, 0.29) is 24.4 Å². The highest BCUT2D eigenvalue weighted by molar-refractivity contribution is 5.89. The van der Waals surface area contributed by atoms with Crippen LogP contribution in [-0.4, -0.2) is 48.2 Å². The molecular weight excluding hydrogens is 234 g/mol. The molecule has 0 bridgehead atoms. The maximum atomic E-state index is 5.96. The van der Waals surface area contributed by atoms with Gasteiger partial charge in [0.2, 0.25) is 0 Å². The highest BCUT2D eigenvalue weighted by Crippen LogP contribution is 2.39. The van der Waals surface area contributed by atoms with Crippen molar-refractivity contribution in [3.63, 3.8) is 0 Å². The van der Waals surface area contributed by atoms with E-state index >= 15 is 0 Å². The summed E-state index contributed by atoms with van der Waals surface area (Å²) in [6.07, 6.45) is -0.151. The Kier molecular flexibility index (Phi) is 2.62. The van der Waals surface area contributed by atoms with Crippen molar-refractivity contribution < 1.29 is 18.9 Å². The summed E-state index contributed by atoms with van der Waals surface area (Å²) in [6.45, 7) is 10.3. The smallest absolute Gasteiger partial charge is 0.164 e. The van der Waals surface area contributed by atoms with Crippen LogP contribution in [0.5, 0.6) is 0 Å². The summed E-state index contributed by atoms with van der Waals surface area (Å²) < 4.78 is 23.3. The normalized spacial score (nSPS) is 45.1. The van der Waals surface area contributed by atoms with Crippen molar-refractivity contribution in [2.75, 3.05) is 6.61 Å². The predicted molar refractivity (Wildman–Crippen MR) is 65.6 cm³/mol. The molecule has 18 heavy (non-hydrogen) atoms. The van der Waals surface area contributed by atoms with Crippen molar-refractivity contribution in [2.45, 2.75) is 70.5 Å². The first kappa shape index (κ1) is 12.5. The van der Waals surface area contributed by atoms with Gasteiger partial charge in [-0.2, -0.15) is 0 Å². The number of hydrogen-bond donors (Lipinski definition) is 0. The molecular formula is C13H21NO4. The summed E-state index contributed by atoms with van der Waals surface area (Å²) in [5.41, 5.74) is 0.990. The average Bonchev–Trinajstić information content (AvgIpc) is 2.81. The van der Waals surface area contributed by atoms with Gasteiger partial charge in [0.25, 0.3) is 0 Å². The van der Waals surface area contributed by atoms with Gasteiger partial charge in [0.1, 0.15) is 24.4 Å². The highest BCUT2D eigenvalue weighted by atomic mass is 16.8. The average molecular weight is 255 g/mol. The Hall–Kier alpha value is -0.490. The molecule has 2 saturated heterocycles. The fourth-order valence-corrected chi connectivity index (χ4v) is 2.92. The Morgan fingerprint density at radius 2 is 1.78 bits per heavy atom. The molecule has 0 unspecified atom stereocenters. The zero-order chi connectivity index (χ0) is 13.1. The zero-order valence-electron chi connectivity index (χ0n) is 11.6. The molecule has 0 amide bonds. The summed E-state index contributed by atoms with van der Waals surface area (Å²) in [6, 6.07) is -0.0291. The van der Waals surface area contributed by atoms with Crippen LogP contribution in [0, 0.1) is 0 Å². The Morgan fingerprint density at radius 3 is 2.39 bits per heavy atom.